The number of nitrogens with zero attached hydrogens (tertiary/aromatic N) is 1. The summed E-state index contributed by atoms with van der Waals surface area (Å²) in [7, 11) is 1.68. The van der Waals surface area contributed by atoms with Gasteiger partial charge in [-0.25, -0.2) is 0 Å². The van der Waals surface area contributed by atoms with Gasteiger partial charge in [-0.2, -0.15) is 0 Å². The average Bonchev–Trinajstić information content (AvgIpc) is 2.77. The van der Waals surface area contributed by atoms with Gasteiger partial charge in [-0.3, -0.25) is 4.90 Å². The van der Waals surface area contributed by atoms with E-state index in [1.165, 1.54) is 5.56 Å². The molecular formula is C12H17NO2. The molecule has 1 fully saturated rings. The zero-order chi connectivity index (χ0) is 10.7. The number of hydrogen-bond donors (Lipinski definition) is 0. The van der Waals surface area contributed by atoms with Crippen molar-refractivity contribution in [3.63, 3.8) is 0 Å². The van der Waals surface area contributed by atoms with Crippen molar-refractivity contribution >= 4 is 0 Å². The van der Waals surface area contributed by atoms with Gasteiger partial charge in [-0.15, -0.1) is 0 Å². The molecule has 1 aromatic rings. The maximum absolute atomic E-state index is 5.70. The van der Waals surface area contributed by atoms with Gasteiger partial charge in [0.05, 0.1) is 13.7 Å². The van der Waals surface area contributed by atoms with Crippen LogP contribution in [0.3, 0.4) is 0 Å². The Hall–Kier alpha value is -1.06. The topological polar surface area (TPSA) is 21.7 Å². The monoisotopic (exact) mass is 207 g/mol. The first-order chi connectivity index (χ1) is 7.35. The minimum Gasteiger partial charge on any atom is -0.497 e. The first-order valence-corrected chi connectivity index (χ1v) is 5.34. The summed E-state index contributed by atoms with van der Waals surface area (Å²) in [4.78, 5) is 2.32. The zero-order valence-corrected chi connectivity index (χ0v) is 9.27. The molecule has 1 atom stereocenters. The molecule has 0 aromatic heterocycles. The number of benzene rings is 1. The lowest BCUT2D eigenvalue weighted by Crippen LogP contribution is -2.23. The van der Waals surface area contributed by atoms with Gasteiger partial charge in [-0.1, -0.05) is 19.1 Å². The summed E-state index contributed by atoms with van der Waals surface area (Å²) in [6.07, 6.45) is 0.126. The van der Waals surface area contributed by atoms with Crippen molar-refractivity contribution in [1.29, 1.82) is 0 Å². The van der Waals surface area contributed by atoms with Gasteiger partial charge >= 0.3 is 0 Å². The van der Waals surface area contributed by atoms with Crippen LogP contribution in [0.1, 0.15) is 18.7 Å². The van der Waals surface area contributed by atoms with Gasteiger partial charge in [0.25, 0.3) is 0 Å². The van der Waals surface area contributed by atoms with Crippen molar-refractivity contribution in [2.75, 3.05) is 26.8 Å². The predicted molar refractivity (Wildman–Crippen MR) is 58.9 cm³/mol. The molecule has 15 heavy (non-hydrogen) atoms. The largest absolute Gasteiger partial charge is 0.497 e. The van der Waals surface area contributed by atoms with Crippen LogP contribution >= 0.6 is 0 Å². The smallest absolute Gasteiger partial charge is 0.136 e. The van der Waals surface area contributed by atoms with Crippen molar-refractivity contribution in [3.8, 4) is 5.75 Å². The molecule has 1 heterocycles. The van der Waals surface area contributed by atoms with E-state index in [-0.39, 0.29) is 6.23 Å². The van der Waals surface area contributed by atoms with Gasteiger partial charge in [0.1, 0.15) is 12.0 Å². The van der Waals surface area contributed by atoms with E-state index in [0.717, 1.165) is 25.4 Å². The highest BCUT2D eigenvalue weighted by atomic mass is 16.5. The maximum Gasteiger partial charge on any atom is 0.136 e. The van der Waals surface area contributed by atoms with Crippen LogP contribution in [0.2, 0.25) is 0 Å². The lowest BCUT2D eigenvalue weighted by atomic mass is 10.2. The van der Waals surface area contributed by atoms with Crippen molar-refractivity contribution in [2.45, 2.75) is 13.2 Å². The summed E-state index contributed by atoms with van der Waals surface area (Å²) >= 11 is 0. The molecule has 3 heteroatoms. The normalized spacial score (nSPS) is 21.9. The summed E-state index contributed by atoms with van der Waals surface area (Å²) < 4.78 is 10.8. The van der Waals surface area contributed by atoms with E-state index in [1.54, 1.807) is 7.11 Å². The minimum absolute atomic E-state index is 0.126. The first-order valence-electron chi connectivity index (χ1n) is 5.34. The third kappa shape index (κ3) is 2.13. The molecule has 0 spiro atoms. The van der Waals surface area contributed by atoms with E-state index in [9.17, 15) is 0 Å². The van der Waals surface area contributed by atoms with E-state index >= 15 is 0 Å². The molecule has 0 N–H and O–H groups in total. The molecule has 2 rings (SSSR count). The first kappa shape index (κ1) is 10.5. The van der Waals surface area contributed by atoms with Gasteiger partial charge in [0.2, 0.25) is 0 Å². The van der Waals surface area contributed by atoms with E-state index in [0.29, 0.717) is 0 Å². The van der Waals surface area contributed by atoms with Crippen LogP contribution in [0.5, 0.6) is 5.75 Å². The Bertz CT molecular complexity index is 310. The van der Waals surface area contributed by atoms with Crippen LogP contribution in [0.25, 0.3) is 0 Å². The quantitative estimate of drug-likeness (QED) is 0.757. The molecule has 0 radical (unpaired) electrons. The van der Waals surface area contributed by atoms with Crippen molar-refractivity contribution in [2.24, 2.45) is 0 Å². The van der Waals surface area contributed by atoms with Gasteiger partial charge < -0.3 is 9.47 Å². The Morgan fingerprint density at radius 3 is 2.73 bits per heavy atom. The minimum atomic E-state index is 0.126. The van der Waals surface area contributed by atoms with E-state index < -0.39 is 0 Å². The molecule has 0 amide bonds. The highest BCUT2D eigenvalue weighted by Crippen LogP contribution is 2.27. The molecule has 1 unspecified atom stereocenters. The third-order valence-electron chi connectivity index (χ3n) is 2.79. The van der Waals surface area contributed by atoms with Crippen LogP contribution in [-0.4, -0.2) is 31.7 Å². The predicted octanol–water partition coefficient (Wildman–Crippen LogP) is 2.05. The Labute approximate surface area is 90.6 Å². The fourth-order valence-electron chi connectivity index (χ4n) is 1.90. The van der Waals surface area contributed by atoms with Crippen LogP contribution < -0.4 is 4.74 Å². The standard InChI is InChI=1S/C12H17NO2/c1-3-13-8-9-15-12(13)10-4-6-11(14-2)7-5-10/h4-7,12H,3,8-9H2,1-2H3. The zero-order valence-electron chi connectivity index (χ0n) is 9.27. The Morgan fingerprint density at radius 2 is 2.13 bits per heavy atom. The molecule has 3 nitrogen and oxygen atoms in total. The maximum atomic E-state index is 5.70. The summed E-state index contributed by atoms with van der Waals surface area (Å²) in [6.45, 7) is 5.03. The highest BCUT2D eigenvalue weighted by Gasteiger charge is 2.24. The Kier molecular flexibility index (Phi) is 3.23. The molecule has 82 valence electrons. The SMILES string of the molecule is CCN1CCOC1c1ccc(OC)cc1. The molecule has 0 bridgehead atoms. The van der Waals surface area contributed by atoms with Crippen molar-refractivity contribution < 1.29 is 9.47 Å². The average molecular weight is 207 g/mol. The van der Waals surface area contributed by atoms with Gasteiger partial charge in [-0.05, 0) is 24.2 Å². The molecule has 1 aromatic carbocycles. The number of hydrogen-bond acceptors (Lipinski definition) is 3. The number of likely N-dealkylation sites (N-methyl/N-ethyl adjacent to an activating group) is 1. The molecule has 1 aliphatic heterocycles. The molecule has 0 aliphatic carbocycles. The molecule has 0 saturated carbocycles. The van der Waals surface area contributed by atoms with Crippen LogP contribution in [-0.2, 0) is 4.74 Å². The van der Waals surface area contributed by atoms with Crippen molar-refractivity contribution in [1.82, 2.24) is 4.90 Å². The van der Waals surface area contributed by atoms with Crippen molar-refractivity contribution in [3.05, 3.63) is 29.8 Å². The number of ether oxygens (including phenoxy) is 2. The third-order valence-corrected chi connectivity index (χ3v) is 2.79. The van der Waals surface area contributed by atoms with E-state index in [2.05, 4.69) is 24.0 Å². The summed E-state index contributed by atoms with van der Waals surface area (Å²) in [5.41, 5.74) is 1.20. The fourth-order valence-corrected chi connectivity index (χ4v) is 1.90. The van der Waals surface area contributed by atoms with Gasteiger partial charge in [0.15, 0.2) is 0 Å². The molecule has 1 saturated heterocycles. The van der Waals surface area contributed by atoms with Crippen LogP contribution in [0, 0.1) is 0 Å². The second-order valence-electron chi connectivity index (χ2n) is 3.62. The summed E-state index contributed by atoms with van der Waals surface area (Å²) in [6, 6.07) is 8.09. The van der Waals surface area contributed by atoms with Crippen LogP contribution in [0.15, 0.2) is 24.3 Å². The lowest BCUT2D eigenvalue weighted by Gasteiger charge is -2.21. The highest BCUT2D eigenvalue weighted by molar-refractivity contribution is 5.28. The van der Waals surface area contributed by atoms with Crippen LogP contribution in [0.4, 0.5) is 0 Å². The van der Waals surface area contributed by atoms with Gasteiger partial charge in [0, 0.05) is 6.54 Å². The fraction of sp³-hybridized carbons (Fsp3) is 0.500. The number of methoxy groups -OCH3 is 1. The second-order valence-corrected chi connectivity index (χ2v) is 3.62. The second kappa shape index (κ2) is 4.64. The lowest BCUT2D eigenvalue weighted by molar-refractivity contribution is 0.0353. The summed E-state index contributed by atoms with van der Waals surface area (Å²) in [5.74, 6) is 0.889. The van der Waals surface area contributed by atoms with E-state index in [1.807, 2.05) is 12.1 Å². The molecular weight excluding hydrogens is 190 g/mol. The van der Waals surface area contributed by atoms with E-state index in [4.69, 9.17) is 9.47 Å². The molecule has 1 aliphatic rings. The number of rotatable bonds is 3. The Morgan fingerprint density at radius 1 is 1.40 bits per heavy atom. The Balaban J connectivity index is 2.14. The summed E-state index contributed by atoms with van der Waals surface area (Å²) in [5, 5.41) is 0.